The lowest BCUT2D eigenvalue weighted by molar-refractivity contribution is -0.386. The molecule has 6 nitrogen and oxygen atoms in total. The highest BCUT2D eigenvalue weighted by molar-refractivity contribution is 7.11. The number of hydrogen-bond acceptors (Lipinski definition) is 6. The van der Waals surface area contributed by atoms with Gasteiger partial charge in [-0.25, -0.2) is 4.98 Å². The Kier molecular flexibility index (Phi) is 4.41. The number of hydrogen-bond donors (Lipinski definition) is 1. The lowest BCUT2D eigenvalue weighted by Crippen LogP contribution is -2.15. The van der Waals surface area contributed by atoms with Crippen LogP contribution in [0.25, 0.3) is 0 Å². The Bertz CT molecular complexity index is 639. The number of aromatic nitrogens is 2. The molecule has 0 aliphatic rings. The van der Waals surface area contributed by atoms with E-state index in [-0.39, 0.29) is 10.6 Å². The molecule has 0 amide bonds. The molecule has 2 aromatic heterocycles. The minimum Gasteiger partial charge on any atom is -0.306 e. The molecular weight excluding hydrogens is 276 g/mol. The van der Waals surface area contributed by atoms with Gasteiger partial charge in [-0.3, -0.25) is 15.1 Å². The first-order valence-corrected chi connectivity index (χ1v) is 7.02. The van der Waals surface area contributed by atoms with Gasteiger partial charge in [0.25, 0.3) is 5.69 Å². The van der Waals surface area contributed by atoms with E-state index in [9.17, 15) is 10.1 Å². The Balaban J connectivity index is 2.06. The zero-order valence-electron chi connectivity index (χ0n) is 11.6. The van der Waals surface area contributed by atoms with Crippen LogP contribution in [-0.4, -0.2) is 14.9 Å². The topological polar surface area (TPSA) is 81.0 Å². The summed E-state index contributed by atoms with van der Waals surface area (Å²) in [7, 11) is 0. The Morgan fingerprint density at radius 2 is 2.00 bits per heavy atom. The van der Waals surface area contributed by atoms with Crippen molar-refractivity contribution >= 4 is 17.0 Å². The van der Waals surface area contributed by atoms with E-state index >= 15 is 0 Å². The van der Waals surface area contributed by atoms with Gasteiger partial charge in [-0.1, -0.05) is 0 Å². The fraction of sp³-hybridized carbons (Fsp3) is 0.385. The molecule has 0 aromatic carbocycles. The molecule has 2 rings (SSSR count). The summed E-state index contributed by atoms with van der Waals surface area (Å²) in [6.07, 6.45) is 3.39. The van der Waals surface area contributed by atoms with Crippen LogP contribution in [0.3, 0.4) is 0 Å². The molecule has 0 aliphatic carbocycles. The molecule has 0 spiro atoms. The van der Waals surface area contributed by atoms with Crippen LogP contribution < -0.4 is 5.32 Å². The van der Waals surface area contributed by atoms with Gasteiger partial charge in [0.1, 0.15) is 0 Å². The third-order valence-electron chi connectivity index (χ3n) is 3.02. The predicted octanol–water partition coefficient (Wildman–Crippen LogP) is 2.66. The van der Waals surface area contributed by atoms with Crippen molar-refractivity contribution < 1.29 is 4.92 Å². The van der Waals surface area contributed by atoms with Crippen molar-refractivity contribution in [3.05, 3.63) is 49.2 Å². The van der Waals surface area contributed by atoms with Crippen LogP contribution >= 0.6 is 11.3 Å². The van der Waals surface area contributed by atoms with E-state index in [0.717, 1.165) is 9.88 Å². The van der Waals surface area contributed by atoms with Gasteiger partial charge >= 0.3 is 0 Å². The lowest BCUT2D eigenvalue weighted by Gasteiger charge is -2.08. The highest BCUT2D eigenvalue weighted by Crippen LogP contribution is 2.24. The van der Waals surface area contributed by atoms with Crippen LogP contribution in [0.4, 0.5) is 5.69 Å². The molecular formula is C13H16N4O2S. The van der Waals surface area contributed by atoms with Crippen LogP contribution in [0.15, 0.2) is 12.4 Å². The zero-order valence-corrected chi connectivity index (χ0v) is 12.5. The summed E-state index contributed by atoms with van der Waals surface area (Å²) in [4.78, 5) is 20.3. The SMILES string of the molecule is Cc1ncc(CNCc2ncc(C)c([N+](=O)[O-])c2C)s1. The third-order valence-corrected chi connectivity index (χ3v) is 3.93. The van der Waals surface area contributed by atoms with Crippen LogP contribution in [0.5, 0.6) is 0 Å². The van der Waals surface area contributed by atoms with E-state index < -0.39 is 0 Å². The second kappa shape index (κ2) is 6.06. The highest BCUT2D eigenvalue weighted by Gasteiger charge is 2.18. The van der Waals surface area contributed by atoms with Crippen LogP contribution in [-0.2, 0) is 13.1 Å². The summed E-state index contributed by atoms with van der Waals surface area (Å²) in [5, 5.41) is 15.3. The Morgan fingerprint density at radius 3 is 2.60 bits per heavy atom. The molecule has 0 fully saturated rings. The van der Waals surface area contributed by atoms with Gasteiger partial charge in [-0.2, -0.15) is 0 Å². The Morgan fingerprint density at radius 1 is 1.25 bits per heavy atom. The van der Waals surface area contributed by atoms with Crippen molar-refractivity contribution in [2.45, 2.75) is 33.9 Å². The number of nitrogens with zero attached hydrogens (tertiary/aromatic N) is 3. The molecule has 2 aromatic rings. The maximum atomic E-state index is 11.0. The fourth-order valence-electron chi connectivity index (χ4n) is 2.02. The molecule has 0 aliphatic heterocycles. The zero-order chi connectivity index (χ0) is 14.7. The summed E-state index contributed by atoms with van der Waals surface area (Å²) in [6, 6.07) is 0. The maximum absolute atomic E-state index is 11.0. The largest absolute Gasteiger partial charge is 0.306 e. The van der Waals surface area contributed by atoms with Gasteiger partial charge in [-0.15, -0.1) is 11.3 Å². The first-order chi connectivity index (χ1) is 9.49. The average Bonchev–Trinajstić information content (AvgIpc) is 2.77. The summed E-state index contributed by atoms with van der Waals surface area (Å²) < 4.78 is 0. The molecule has 0 atom stereocenters. The number of pyridine rings is 1. The van der Waals surface area contributed by atoms with E-state index in [1.807, 2.05) is 13.1 Å². The Labute approximate surface area is 121 Å². The Hall–Kier alpha value is -1.86. The molecule has 0 saturated carbocycles. The van der Waals surface area contributed by atoms with Crippen molar-refractivity contribution in [3.8, 4) is 0 Å². The quantitative estimate of drug-likeness (QED) is 0.677. The van der Waals surface area contributed by atoms with E-state index in [2.05, 4.69) is 15.3 Å². The van der Waals surface area contributed by atoms with Gasteiger partial charge in [0.2, 0.25) is 0 Å². The van der Waals surface area contributed by atoms with E-state index in [1.54, 1.807) is 31.4 Å². The minimum atomic E-state index is -0.345. The van der Waals surface area contributed by atoms with E-state index in [4.69, 9.17) is 0 Å². The molecule has 20 heavy (non-hydrogen) atoms. The maximum Gasteiger partial charge on any atom is 0.278 e. The van der Waals surface area contributed by atoms with Gasteiger partial charge in [-0.05, 0) is 20.8 Å². The van der Waals surface area contributed by atoms with Crippen molar-refractivity contribution in [2.24, 2.45) is 0 Å². The van der Waals surface area contributed by atoms with Gasteiger partial charge in [0.05, 0.1) is 15.6 Å². The molecule has 2 heterocycles. The first kappa shape index (κ1) is 14.5. The van der Waals surface area contributed by atoms with Crippen LogP contribution in [0, 0.1) is 30.9 Å². The summed E-state index contributed by atoms with van der Waals surface area (Å²) in [6.45, 7) is 6.60. The molecule has 106 valence electrons. The number of nitro groups is 1. The highest BCUT2D eigenvalue weighted by atomic mass is 32.1. The number of nitrogens with one attached hydrogen (secondary N) is 1. The molecule has 0 bridgehead atoms. The molecule has 1 N–H and O–H groups in total. The van der Waals surface area contributed by atoms with Crippen LogP contribution in [0.2, 0.25) is 0 Å². The predicted molar refractivity (Wildman–Crippen MR) is 77.8 cm³/mol. The number of aryl methyl sites for hydroxylation is 2. The first-order valence-electron chi connectivity index (χ1n) is 6.20. The summed E-state index contributed by atoms with van der Waals surface area (Å²) in [5.41, 5.74) is 2.09. The molecule has 0 saturated heterocycles. The normalized spacial score (nSPS) is 10.8. The summed E-state index contributed by atoms with van der Waals surface area (Å²) in [5.74, 6) is 0. The van der Waals surface area contributed by atoms with Gasteiger partial charge < -0.3 is 5.32 Å². The molecule has 0 radical (unpaired) electrons. The summed E-state index contributed by atoms with van der Waals surface area (Å²) >= 11 is 1.64. The standard InChI is InChI=1S/C13H16N4O2S/c1-8-4-16-12(9(2)13(8)17(18)19)7-14-5-11-6-15-10(3)20-11/h4,6,14H,5,7H2,1-3H3. The average molecular weight is 292 g/mol. The second-order valence-corrected chi connectivity index (χ2v) is 5.89. The van der Waals surface area contributed by atoms with E-state index in [1.165, 1.54) is 0 Å². The van der Waals surface area contributed by atoms with Crippen molar-refractivity contribution in [2.75, 3.05) is 0 Å². The van der Waals surface area contributed by atoms with Gasteiger partial charge in [0.15, 0.2) is 0 Å². The fourth-order valence-corrected chi connectivity index (χ4v) is 2.78. The molecule has 7 heteroatoms. The van der Waals surface area contributed by atoms with Crippen LogP contribution in [0.1, 0.15) is 26.7 Å². The van der Waals surface area contributed by atoms with E-state index in [0.29, 0.717) is 29.9 Å². The third kappa shape index (κ3) is 3.17. The second-order valence-electron chi connectivity index (χ2n) is 4.57. The lowest BCUT2D eigenvalue weighted by atomic mass is 10.1. The van der Waals surface area contributed by atoms with Crippen molar-refractivity contribution in [1.82, 2.24) is 15.3 Å². The van der Waals surface area contributed by atoms with Crippen molar-refractivity contribution in [3.63, 3.8) is 0 Å². The number of rotatable bonds is 5. The smallest absolute Gasteiger partial charge is 0.278 e. The number of thiazole rings is 1. The van der Waals surface area contributed by atoms with Crippen molar-refractivity contribution in [1.29, 1.82) is 0 Å². The molecule has 0 unspecified atom stereocenters. The van der Waals surface area contributed by atoms with Gasteiger partial charge in [0, 0.05) is 41.5 Å². The monoisotopic (exact) mass is 292 g/mol. The minimum absolute atomic E-state index is 0.158.